The second kappa shape index (κ2) is 13.3. The van der Waals surface area contributed by atoms with Gasteiger partial charge in [0.25, 0.3) is 0 Å². The Bertz CT molecular complexity index is 235. The van der Waals surface area contributed by atoms with E-state index in [1.54, 1.807) is 0 Å². The molecule has 0 aromatic heterocycles. The fourth-order valence-corrected chi connectivity index (χ4v) is 2.27. The third-order valence-corrected chi connectivity index (χ3v) is 3.60. The van der Waals surface area contributed by atoms with Crippen LogP contribution in [0.1, 0.15) is 84.0 Å². The van der Waals surface area contributed by atoms with Gasteiger partial charge < -0.3 is 5.11 Å². The smallest absolute Gasteiger partial charge is 0.303 e. The lowest BCUT2D eigenvalue weighted by Crippen LogP contribution is -2.17. The molecule has 1 N–H and O–H groups in total. The summed E-state index contributed by atoms with van der Waals surface area (Å²) in [4.78, 5) is 10.3. The normalized spacial score (nSPS) is 14.2. The van der Waals surface area contributed by atoms with E-state index in [2.05, 4.69) is 6.92 Å². The van der Waals surface area contributed by atoms with Gasteiger partial charge in [-0.1, -0.05) is 58.3 Å². The molecule has 0 aromatic rings. The molecule has 0 bridgehead atoms. The van der Waals surface area contributed by atoms with Gasteiger partial charge in [-0.25, -0.2) is 8.78 Å². The minimum atomic E-state index is -1.32. The van der Waals surface area contributed by atoms with Crippen molar-refractivity contribution in [1.82, 2.24) is 0 Å². The predicted octanol–water partition coefficient (Wildman–Crippen LogP) is 5.45. The second-order valence-electron chi connectivity index (χ2n) is 5.58. The van der Waals surface area contributed by atoms with Crippen molar-refractivity contribution >= 4 is 5.97 Å². The number of hydrogen-bond donors (Lipinski definition) is 1. The third kappa shape index (κ3) is 12.4. The molecule has 0 heterocycles. The van der Waals surface area contributed by atoms with Crippen LogP contribution in [0.5, 0.6) is 0 Å². The molecule has 0 fully saturated rings. The van der Waals surface area contributed by atoms with Crippen molar-refractivity contribution in [3.63, 3.8) is 0 Å². The zero-order valence-electron chi connectivity index (χ0n) is 12.8. The summed E-state index contributed by atoms with van der Waals surface area (Å²) in [6.07, 6.45) is 6.21. The molecule has 0 radical (unpaired) electrons. The number of rotatable bonds is 14. The van der Waals surface area contributed by atoms with E-state index in [4.69, 9.17) is 5.11 Å². The largest absolute Gasteiger partial charge is 0.481 e. The summed E-state index contributed by atoms with van der Waals surface area (Å²) in [5.74, 6) is -0.767. The molecule has 0 aliphatic rings. The molecule has 0 saturated heterocycles. The van der Waals surface area contributed by atoms with Crippen LogP contribution in [0, 0.1) is 0 Å². The van der Waals surface area contributed by atoms with E-state index < -0.39 is 18.3 Å². The number of unbranched alkanes of at least 4 members (excludes halogenated alkanes) is 7. The van der Waals surface area contributed by atoms with Gasteiger partial charge in [-0.2, -0.15) is 0 Å². The van der Waals surface area contributed by atoms with Crippen LogP contribution >= 0.6 is 0 Å². The van der Waals surface area contributed by atoms with E-state index in [0.717, 1.165) is 44.9 Å². The van der Waals surface area contributed by atoms with Crippen LogP contribution in [-0.2, 0) is 4.79 Å². The van der Waals surface area contributed by atoms with Gasteiger partial charge in [-0.15, -0.1) is 0 Å². The number of hydrogen-bond acceptors (Lipinski definition) is 1. The van der Waals surface area contributed by atoms with Gasteiger partial charge in [0, 0.05) is 6.42 Å². The van der Waals surface area contributed by atoms with Crippen LogP contribution in [0.4, 0.5) is 8.78 Å². The van der Waals surface area contributed by atoms with E-state index in [9.17, 15) is 13.6 Å². The van der Waals surface area contributed by atoms with E-state index in [0.29, 0.717) is 25.7 Å². The number of alkyl halides is 2. The lowest BCUT2D eigenvalue weighted by atomic mass is 10.0. The fraction of sp³-hybridized carbons (Fsp3) is 0.938. The molecular weight excluding hydrogens is 262 g/mol. The van der Waals surface area contributed by atoms with Gasteiger partial charge in [0.2, 0.25) is 0 Å². The van der Waals surface area contributed by atoms with Gasteiger partial charge in [0.15, 0.2) is 0 Å². The maximum absolute atomic E-state index is 13.5. The highest BCUT2D eigenvalue weighted by atomic mass is 19.2. The summed E-state index contributed by atoms with van der Waals surface area (Å²) < 4.78 is 27.0. The van der Waals surface area contributed by atoms with E-state index in [1.165, 1.54) is 0 Å². The lowest BCUT2D eigenvalue weighted by Gasteiger charge is -2.13. The highest BCUT2D eigenvalue weighted by Gasteiger charge is 2.19. The fourth-order valence-electron chi connectivity index (χ4n) is 2.27. The highest BCUT2D eigenvalue weighted by Crippen LogP contribution is 2.19. The number of carboxylic acids is 1. The third-order valence-electron chi connectivity index (χ3n) is 3.60. The summed E-state index contributed by atoms with van der Waals surface area (Å²) in [7, 11) is 0. The first-order valence-corrected chi connectivity index (χ1v) is 8.07. The molecule has 4 heteroatoms. The zero-order valence-corrected chi connectivity index (χ0v) is 12.8. The van der Waals surface area contributed by atoms with Gasteiger partial charge in [-0.05, 0) is 19.3 Å². The Hall–Kier alpha value is -0.670. The molecule has 0 aromatic carbocycles. The number of carbonyl (C=O) groups is 1. The highest BCUT2D eigenvalue weighted by molar-refractivity contribution is 5.66. The van der Waals surface area contributed by atoms with Crippen LogP contribution < -0.4 is 0 Å². The molecular formula is C16H30F2O2. The molecule has 20 heavy (non-hydrogen) atoms. The van der Waals surface area contributed by atoms with Gasteiger partial charge in [-0.3, -0.25) is 4.79 Å². The summed E-state index contributed by atoms with van der Waals surface area (Å²) >= 11 is 0. The topological polar surface area (TPSA) is 37.3 Å². The van der Waals surface area contributed by atoms with Crippen molar-refractivity contribution in [1.29, 1.82) is 0 Å². The van der Waals surface area contributed by atoms with Gasteiger partial charge in [0.1, 0.15) is 12.3 Å². The van der Waals surface area contributed by atoms with Crippen LogP contribution in [0.2, 0.25) is 0 Å². The average molecular weight is 292 g/mol. The molecule has 2 unspecified atom stereocenters. The number of halogens is 2. The second-order valence-corrected chi connectivity index (χ2v) is 5.58. The molecule has 0 saturated carbocycles. The standard InChI is InChI=1S/C16H30F2O2/c1-2-3-4-8-11-14(17)15(18)12-9-6-5-7-10-13-16(19)20/h14-15H,2-13H2,1H3,(H,19,20). The quantitative estimate of drug-likeness (QED) is 0.432. The summed E-state index contributed by atoms with van der Waals surface area (Å²) in [6, 6.07) is 0. The van der Waals surface area contributed by atoms with Crippen molar-refractivity contribution in [2.75, 3.05) is 0 Å². The Kier molecular flexibility index (Phi) is 12.9. The van der Waals surface area contributed by atoms with Crippen LogP contribution in [0.15, 0.2) is 0 Å². The van der Waals surface area contributed by atoms with Gasteiger partial charge >= 0.3 is 5.97 Å². The van der Waals surface area contributed by atoms with Gasteiger partial charge in [0.05, 0.1) is 0 Å². The number of carboxylic acid groups (broad SMARTS) is 1. The first kappa shape index (κ1) is 19.3. The minimum Gasteiger partial charge on any atom is -0.481 e. The van der Waals surface area contributed by atoms with E-state index in [1.807, 2.05) is 0 Å². The first-order chi connectivity index (χ1) is 9.57. The van der Waals surface area contributed by atoms with Crippen molar-refractivity contribution < 1.29 is 18.7 Å². The van der Waals surface area contributed by atoms with Crippen molar-refractivity contribution in [2.45, 2.75) is 96.3 Å². The average Bonchev–Trinajstić information content (AvgIpc) is 2.41. The Morgan fingerprint density at radius 1 is 0.850 bits per heavy atom. The summed E-state index contributed by atoms with van der Waals surface area (Å²) in [5.41, 5.74) is 0. The van der Waals surface area contributed by atoms with Crippen molar-refractivity contribution in [2.24, 2.45) is 0 Å². The zero-order chi connectivity index (χ0) is 15.2. The van der Waals surface area contributed by atoms with Crippen molar-refractivity contribution in [3.8, 4) is 0 Å². The summed E-state index contributed by atoms with van der Waals surface area (Å²) in [6.45, 7) is 2.10. The van der Waals surface area contributed by atoms with Crippen molar-refractivity contribution in [3.05, 3.63) is 0 Å². The number of aliphatic carboxylic acids is 1. The summed E-state index contributed by atoms with van der Waals surface area (Å²) in [5, 5.41) is 8.46. The molecule has 0 aliphatic heterocycles. The maximum Gasteiger partial charge on any atom is 0.303 e. The monoisotopic (exact) mass is 292 g/mol. The Balaban J connectivity index is 3.38. The SMILES string of the molecule is CCCCCCC(F)C(F)CCCCCCCC(=O)O. The Morgan fingerprint density at radius 3 is 1.80 bits per heavy atom. The molecule has 0 rings (SSSR count). The molecule has 0 aliphatic carbocycles. The van der Waals surface area contributed by atoms with Crippen LogP contribution in [0.3, 0.4) is 0 Å². The Morgan fingerprint density at radius 2 is 1.30 bits per heavy atom. The molecule has 0 amide bonds. The molecule has 2 atom stereocenters. The maximum atomic E-state index is 13.5. The van der Waals surface area contributed by atoms with Crippen LogP contribution in [0.25, 0.3) is 0 Å². The predicted molar refractivity (Wildman–Crippen MR) is 78.5 cm³/mol. The first-order valence-electron chi connectivity index (χ1n) is 8.07. The molecule has 2 nitrogen and oxygen atoms in total. The lowest BCUT2D eigenvalue weighted by molar-refractivity contribution is -0.137. The van der Waals surface area contributed by atoms with E-state index in [-0.39, 0.29) is 6.42 Å². The van der Waals surface area contributed by atoms with E-state index >= 15 is 0 Å². The minimum absolute atomic E-state index is 0.204. The molecule has 120 valence electrons. The molecule has 0 spiro atoms. The van der Waals surface area contributed by atoms with Crippen LogP contribution in [-0.4, -0.2) is 23.4 Å². The Labute approximate surface area is 122 Å².